The zero-order valence-electron chi connectivity index (χ0n) is 25.2. The number of carbonyl (C=O) groups is 3. The molecule has 5 aromatic rings. The van der Waals surface area contributed by atoms with Gasteiger partial charge in [-0.1, -0.05) is 54.6 Å². The molecule has 1 N–H and O–H groups in total. The Bertz CT molecular complexity index is 2060. The zero-order chi connectivity index (χ0) is 33.1. The van der Waals surface area contributed by atoms with E-state index in [-0.39, 0.29) is 27.9 Å². The number of esters is 3. The molecule has 47 heavy (non-hydrogen) atoms. The van der Waals surface area contributed by atoms with Gasteiger partial charge in [-0.05, 0) is 50.2 Å². The fourth-order valence-electron chi connectivity index (χ4n) is 5.13. The van der Waals surface area contributed by atoms with Gasteiger partial charge in [-0.15, -0.1) is 0 Å². The molecule has 0 saturated carbocycles. The molecule has 1 aliphatic rings. The van der Waals surface area contributed by atoms with Gasteiger partial charge in [0.1, 0.15) is 12.7 Å². The molecule has 2 aromatic heterocycles. The number of H-pyrrole nitrogens is 1. The van der Waals surface area contributed by atoms with E-state index in [1.807, 2.05) is 0 Å². The number of aryl methyl sites for hydroxylation is 2. The number of rotatable bonds is 8. The summed E-state index contributed by atoms with van der Waals surface area (Å²) in [6, 6.07) is 24.3. The fourth-order valence-corrected chi connectivity index (χ4v) is 5.13. The topological polar surface area (TPSA) is 169 Å². The molecule has 0 radical (unpaired) electrons. The van der Waals surface area contributed by atoms with E-state index in [4.69, 9.17) is 18.9 Å². The Morgan fingerprint density at radius 1 is 0.723 bits per heavy atom. The molecule has 1 saturated heterocycles. The third-order valence-corrected chi connectivity index (χ3v) is 7.60. The molecule has 13 heteroatoms. The Hall–Kier alpha value is -5.95. The summed E-state index contributed by atoms with van der Waals surface area (Å²) in [6.07, 6.45) is -5.66. The van der Waals surface area contributed by atoms with E-state index in [9.17, 15) is 24.0 Å². The number of aromatic amines is 1. The van der Waals surface area contributed by atoms with E-state index in [0.29, 0.717) is 11.4 Å². The number of carbonyl (C=O) groups excluding carboxylic acids is 3. The van der Waals surface area contributed by atoms with E-state index < -0.39 is 60.3 Å². The molecule has 1 aliphatic heterocycles. The number of ether oxygens (including phenoxy) is 4. The van der Waals surface area contributed by atoms with Crippen molar-refractivity contribution in [3.63, 3.8) is 0 Å². The summed E-state index contributed by atoms with van der Waals surface area (Å²) in [7, 11) is 0. The molecular formula is C34H28N4O9. The van der Waals surface area contributed by atoms with Crippen LogP contribution in [0.2, 0.25) is 0 Å². The lowest BCUT2D eigenvalue weighted by atomic mass is 10.1. The van der Waals surface area contributed by atoms with Crippen molar-refractivity contribution in [2.45, 2.75) is 38.4 Å². The average molecular weight is 637 g/mol. The van der Waals surface area contributed by atoms with Gasteiger partial charge in [-0.3, -0.25) is 9.78 Å². The number of nitrogens with zero attached hydrogens (tertiary/aromatic N) is 3. The quantitative estimate of drug-likeness (QED) is 0.196. The van der Waals surface area contributed by atoms with Crippen LogP contribution in [-0.2, 0) is 18.9 Å². The van der Waals surface area contributed by atoms with Crippen molar-refractivity contribution >= 4 is 29.1 Å². The van der Waals surface area contributed by atoms with Crippen LogP contribution in [-0.4, -0.2) is 62.3 Å². The summed E-state index contributed by atoms with van der Waals surface area (Å²) in [4.78, 5) is 77.0. The molecule has 13 nitrogen and oxygen atoms in total. The maximum absolute atomic E-state index is 13.5. The maximum atomic E-state index is 13.5. The van der Waals surface area contributed by atoms with Gasteiger partial charge in [0.25, 0.3) is 5.56 Å². The molecule has 0 amide bonds. The van der Waals surface area contributed by atoms with Gasteiger partial charge >= 0.3 is 23.6 Å². The third kappa shape index (κ3) is 6.42. The van der Waals surface area contributed by atoms with Crippen LogP contribution >= 0.6 is 0 Å². The van der Waals surface area contributed by atoms with Crippen LogP contribution in [0.15, 0.2) is 101 Å². The van der Waals surface area contributed by atoms with Crippen LogP contribution in [0.5, 0.6) is 0 Å². The lowest BCUT2D eigenvalue weighted by molar-refractivity contribution is -0.0623. The second kappa shape index (κ2) is 13.2. The van der Waals surface area contributed by atoms with Gasteiger partial charge < -0.3 is 18.9 Å². The molecule has 0 spiro atoms. The minimum Gasteiger partial charge on any atom is -0.459 e. The normalized spacial score (nSPS) is 18.9. The molecule has 0 aliphatic carbocycles. The first-order valence-corrected chi connectivity index (χ1v) is 14.6. The second-order valence-corrected chi connectivity index (χ2v) is 10.7. The monoisotopic (exact) mass is 636 g/mol. The first-order chi connectivity index (χ1) is 22.7. The summed E-state index contributed by atoms with van der Waals surface area (Å²) in [5.74, 6) is -2.29. The Morgan fingerprint density at radius 3 is 1.77 bits per heavy atom. The van der Waals surface area contributed by atoms with Crippen LogP contribution in [0.25, 0.3) is 11.2 Å². The summed E-state index contributed by atoms with van der Waals surface area (Å²) < 4.78 is 24.7. The van der Waals surface area contributed by atoms with Crippen molar-refractivity contribution in [1.29, 1.82) is 0 Å². The molecule has 4 atom stereocenters. The van der Waals surface area contributed by atoms with E-state index in [1.165, 1.54) is 24.3 Å². The highest BCUT2D eigenvalue weighted by molar-refractivity contribution is 5.91. The highest BCUT2D eigenvalue weighted by atomic mass is 16.7. The standard InChI is InChI=1S/C34H28N4O9/c1-19-20(2)36-28-25(35-19)29(39)37-34(43)38(28)30-27(47-33(42)23-16-10-5-11-17-23)26(46-32(41)22-14-8-4-9-15-22)24(45-30)18-44-31(40)21-12-6-3-7-13-21/h3-17,24,26-27,30H,18H2,1-2H3,(H,37,39,43)/t24-,26-,27-,30-/m1/s1. The van der Waals surface area contributed by atoms with E-state index in [2.05, 4.69) is 15.0 Å². The van der Waals surface area contributed by atoms with Crippen LogP contribution in [0.4, 0.5) is 0 Å². The van der Waals surface area contributed by atoms with Crippen LogP contribution < -0.4 is 11.2 Å². The molecule has 0 unspecified atom stereocenters. The number of hydrogen-bond donors (Lipinski definition) is 1. The zero-order valence-corrected chi connectivity index (χ0v) is 25.2. The molecule has 3 heterocycles. The van der Waals surface area contributed by atoms with Crippen LogP contribution in [0.3, 0.4) is 0 Å². The second-order valence-electron chi connectivity index (χ2n) is 10.7. The highest BCUT2D eigenvalue weighted by Gasteiger charge is 2.52. The summed E-state index contributed by atoms with van der Waals surface area (Å²) in [5, 5.41) is 0. The maximum Gasteiger partial charge on any atom is 0.338 e. The van der Waals surface area contributed by atoms with Crippen molar-refractivity contribution in [3.05, 3.63) is 140 Å². The smallest absolute Gasteiger partial charge is 0.338 e. The molecule has 3 aromatic carbocycles. The number of aromatic nitrogens is 4. The first-order valence-electron chi connectivity index (χ1n) is 14.6. The van der Waals surface area contributed by atoms with Gasteiger partial charge in [-0.25, -0.2) is 33.7 Å². The number of nitrogens with one attached hydrogen (secondary N) is 1. The van der Waals surface area contributed by atoms with Gasteiger partial charge in [0.2, 0.25) is 0 Å². The first kappa shape index (κ1) is 31.0. The predicted molar refractivity (Wildman–Crippen MR) is 166 cm³/mol. The Balaban J connectivity index is 1.46. The van der Waals surface area contributed by atoms with Gasteiger partial charge in [0, 0.05) is 0 Å². The Kier molecular flexibility index (Phi) is 8.71. The number of benzene rings is 3. The fraction of sp³-hybridized carbons (Fsp3) is 0.206. The highest BCUT2D eigenvalue weighted by Crippen LogP contribution is 2.35. The third-order valence-electron chi connectivity index (χ3n) is 7.60. The Morgan fingerprint density at radius 2 is 1.21 bits per heavy atom. The Labute approximate surface area is 266 Å². The minimum absolute atomic E-state index is 0.150. The van der Waals surface area contributed by atoms with Gasteiger partial charge in [0.05, 0.1) is 28.1 Å². The largest absolute Gasteiger partial charge is 0.459 e. The van der Waals surface area contributed by atoms with E-state index in [0.717, 1.165) is 4.57 Å². The van der Waals surface area contributed by atoms with Crippen molar-refractivity contribution in [3.8, 4) is 0 Å². The van der Waals surface area contributed by atoms with Gasteiger partial charge in [0.15, 0.2) is 29.6 Å². The van der Waals surface area contributed by atoms with Crippen molar-refractivity contribution in [2.24, 2.45) is 0 Å². The van der Waals surface area contributed by atoms with Crippen molar-refractivity contribution < 1.29 is 33.3 Å². The molecule has 1 fully saturated rings. The van der Waals surface area contributed by atoms with Crippen LogP contribution in [0, 0.1) is 13.8 Å². The number of fused-ring (bicyclic) bond motifs is 1. The SMILES string of the molecule is Cc1nc2c(=O)[nH]c(=O)n([C@@H]3O[C@H](COC(=O)c4ccccc4)[C@@H](OC(=O)c4ccccc4)[C@H]3OC(=O)c3ccccc3)c2nc1C. The molecule has 238 valence electrons. The predicted octanol–water partition coefficient (Wildman–Crippen LogP) is 3.30. The minimum atomic E-state index is -1.51. The van der Waals surface area contributed by atoms with Crippen molar-refractivity contribution in [2.75, 3.05) is 6.61 Å². The summed E-state index contributed by atoms with van der Waals surface area (Å²) in [6.45, 7) is 2.84. The number of hydrogen-bond acceptors (Lipinski definition) is 11. The van der Waals surface area contributed by atoms with E-state index in [1.54, 1.807) is 80.6 Å². The summed E-state index contributed by atoms with van der Waals surface area (Å²) >= 11 is 0. The summed E-state index contributed by atoms with van der Waals surface area (Å²) in [5.41, 5.74) is -0.551. The molecule has 0 bridgehead atoms. The lowest BCUT2D eigenvalue weighted by Crippen LogP contribution is -2.43. The van der Waals surface area contributed by atoms with E-state index >= 15 is 0 Å². The van der Waals surface area contributed by atoms with Gasteiger partial charge in [-0.2, -0.15) is 0 Å². The molecule has 6 rings (SSSR count). The van der Waals surface area contributed by atoms with Crippen LogP contribution in [0.1, 0.15) is 48.7 Å². The van der Waals surface area contributed by atoms with Crippen molar-refractivity contribution in [1.82, 2.24) is 19.5 Å². The lowest BCUT2D eigenvalue weighted by Gasteiger charge is -2.25. The average Bonchev–Trinajstić information content (AvgIpc) is 3.41. The molecular weight excluding hydrogens is 608 g/mol.